The highest BCUT2D eigenvalue weighted by Crippen LogP contribution is 2.19. The number of aromatic nitrogens is 3. The van der Waals surface area contributed by atoms with Crippen LogP contribution in [0.4, 0.5) is 0 Å². The molecule has 128 valence electrons. The average Bonchev–Trinajstić information content (AvgIpc) is 3.15. The molecule has 0 saturated heterocycles. The van der Waals surface area contributed by atoms with Gasteiger partial charge in [0.25, 0.3) is 5.91 Å². The molecule has 6 nitrogen and oxygen atoms in total. The summed E-state index contributed by atoms with van der Waals surface area (Å²) in [6, 6.07) is 17.1. The van der Waals surface area contributed by atoms with E-state index in [4.69, 9.17) is 4.52 Å². The van der Waals surface area contributed by atoms with Gasteiger partial charge in [-0.3, -0.25) is 4.79 Å². The molecule has 0 aliphatic heterocycles. The second-order valence-corrected chi connectivity index (χ2v) is 5.90. The fourth-order valence-corrected chi connectivity index (χ4v) is 2.73. The lowest BCUT2D eigenvalue weighted by atomic mass is 10.1. The minimum atomic E-state index is -0.210. The number of amides is 1. The zero-order valence-corrected chi connectivity index (χ0v) is 14.1. The average molecular weight is 344 g/mol. The third-order valence-corrected chi connectivity index (χ3v) is 4.08. The molecular formula is C20H16N4O2. The van der Waals surface area contributed by atoms with E-state index in [1.165, 1.54) is 0 Å². The second kappa shape index (κ2) is 6.76. The van der Waals surface area contributed by atoms with Crippen LogP contribution in [0, 0.1) is 6.92 Å². The Labute approximate surface area is 149 Å². The zero-order valence-electron chi connectivity index (χ0n) is 14.1. The van der Waals surface area contributed by atoms with Crippen molar-refractivity contribution in [2.24, 2.45) is 0 Å². The molecule has 1 amide bonds. The van der Waals surface area contributed by atoms with Crippen LogP contribution in [0.15, 0.2) is 65.3 Å². The molecule has 3 heterocycles. The molecule has 0 fully saturated rings. The van der Waals surface area contributed by atoms with Gasteiger partial charge in [0.2, 0.25) is 0 Å². The summed E-state index contributed by atoms with van der Waals surface area (Å²) >= 11 is 0. The summed E-state index contributed by atoms with van der Waals surface area (Å²) in [4.78, 5) is 21.1. The first kappa shape index (κ1) is 16.0. The van der Waals surface area contributed by atoms with E-state index in [-0.39, 0.29) is 12.5 Å². The maximum atomic E-state index is 12.5. The van der Waals surface area contributed by atoms with E-state index in [1.807, 2.05) is 48.5 Å². The van der Waals surface area contributed by atoms with Gasteiger partial charge >= 0.3 is 0 Å². The highest BCUT2D eigenvalue weighted by molar-refractivity contribution is 5.98. The van der Waals surface area contributed by atoms with Crippen LogP contribution in [-0.2, 0) is 6.54 Å². The first-order valence-electron chi connectivity index (χ1n) is 8.22. The summed E-state index contributed by atoms with van der Waals surface area (Å²) < 4.78 is 5.32. The van der Waals surface area contributed by atoms with Crippen molar-refractivity contribution in [1.82, 2.24) is 20.4 Å². The molecule has 1 N–H and O–H groups in total. The van der Waals surface area contributed by atoms with Crippen LogP contribution in [0.1, 0.15) is 21.8 Å². The highest BCUT2D eigenvalue weighted by atomic mass is 16.5. The maximum absolute atomic E-state index is 12.5. The number of nitrogens with zero attached hydrogens (tertiary/aromatic N) is 3. The summed E-state index contributed by atoms with van der Waals surface area (Å²) in [6.45, 7) is 2.05. The number of carbonyl (C=O) groups excluding carboxylic acids is 1. The minimum Gasteiger partial charge on any atom is -0.359 e. The van der Waals surface area contributed by atoms with Gasteiger partial charge < -0.3 is 9.84 Å². The standard InChI is InChI=1S/C20H16N4O2/c1-13-17(10-15-8-5-9-21-19(15)23-13)20(25)22-12-16-11-18(24-26-16)14-6-3-2-4-7-14/h2-11H,12H2,1H3,(H,22,25). The van der Waals surface area contributed by atoms with E-state index in [0.29, 0.717) is 22.7 Å². The van der Waals surface area contributed by atoms with Gasteiger partial charge in [-0.25, -0.2) is 9.97 Å². The van der Waals surface area contributed by atoms with Crippen molar-refractivity contribution in [1.29, 1.82) is 0 Å². The highest BCUT2D eigenvalue weighted by Gasteiger charge is 2.13. The van der Waals surface area contributed by atoms with Gasteiger partial charge in [0.05, 0.1) is 17.8 Å². The quantitative estimate of drug-likeness (QED) is 0.612. The summed E-state index contributed by atoms with van der Waals surface area (Å²) in [5, 5.41) is 7.73. The van der Waals surface area contributed by atoms with Gasteiger partial charge in [-0.2, -0.15) is 0 Å². The van der Waals surface area contributed by atoms with Gasteiger partial charge in [0, 0.05) is 23.2 Å². The number of aryl methyl sites for hydroxylation is 1. The lowest BCUT2D eigenvalue weighted by Crippen LogP contribution is -2.23. The summed E-state index contributed by atoms with van der Waals surface area (Å²) in [7, 11) is 0. The van der Waals surface area contributed by atoms with E-state index in [9.17, 15) is 4.79 Å². The largest absolute Gasteiger partial charge is 0.359 e. The number of fused-ring (bicyclic) bond motifs is 1. The first-order valence-corrected chi connectivity index (χ1v) is 8.22. The van der Waals surface area contributed by atoms with Crippen LogP contribution in [-0.4, -0.2) is 21.0 Å². The van der Waals surface area contributed by atoms with Crippen molar-refractivity contribution in [3.05, 3.63) is 77.8 Å². The molecule has 0 unspecified atom stereocenters. The molecule has 0 radical (unpaired) electrons. The van der Waals surface area contributed by atoms with Crippen molar-refractivity contribution in [3.8, 4) is 11.3 Å². The number of carbonyl (C=O) groups is 1. The number of benzene rings is 1. The molecule has 0 spiro atoms. The lowest BCUT2D eigenvalue weighted by Gasteiger charge is -2.07. The molecule has 4 rings (SSSR count). The van der Waals surface area contributed by atoms with Gasteiger partial charge in [-0.1, -0.05) is 35.5 Å². The molecule has 4 aromatic rings. The fourth-order valence-electron chi connectivity index (χ4n) is 2.73. The summed E-state index contributed by atoms with van der Waals surface area (Å²) in [5.41, 5.74) is 3.49. The Kier molecular flexibility index (Phi) is 4.15. The third-order valence-electron chi connectivity index (χ3n) is 4.08. The molecular weight excluding hydrogens is 328 g/mol. The van der Waals surface area contributed by atoms with E-state index in [1.54, 1.807) is 19.2 Å². The van der Waals surface area contributed by atoms with Gasteiger partial charge in [-0.05, 0) is 25.1 Å². The topological polar surface area (TPSA) is 80.9 Å². The number of rotatable bonds is 4. The van der Waals surface area contributed by atoms with Crippen molar-refractivity contribution in [2.45, 2.75) is 13.5 Å². The predicted octanol–water partition coefficient (Wildman–Crippen LogP) is 3.52. The van der Waals surface area contributed by atoms with Crippen molar-refractivity contribution in [2.75, 3.05) is 0 Å². The smallest absolute Gasteiger partial charge is 0.253 e. The maximum Gasteiger partial charge on any atom is 0.253 e. The second-order valence-electron chi connectivity index (χ2n) is 5.90. The Morgan fingerprint density at radius 2 is 1.96 bits per heavy atom. The molecule has 0 saturated carbocycles. The predicted molar refractivity (Wildman–Crippen MR) is 97.4 cm³/mol. The number of hydrogen-bond donors (Lipinski definition) is 1. The summed E-state index contributed by atoms with van der Waals surface area (Å²) in [5.74, 6) is 0.378. The molecule has 3 aromatic heterocycles. The van der Waals surface area contributed by atoms with E-state index in [2.05, 4.69) is 20.4 Å². The molecule has 26 heavy (non-hydrogen) atoms. The van der Waals surface area contributed by atoms with E-state index < -0.39 is 0 Å². The Morgan fingerprint density at radius 1 is 1.12 bits per heavy atom. The third kappa shape index (κ3) is 3.17. The van der Waals surface area contributed by atoms with Crippen LogP contribution < -0.4 is 5.32 Å². The monoisotopic (exact) mass is 344 g/mol. The van der Waals surface area contributed by atoms with Gasteiger partial charge in [0.15, 0.2) is 11.4 Å². The van der Waals surface area contributed by atoms with E-state index >= 15 is 0 Å². The fraction of sp³-hybridized carbons (Fsp3) is 0.100. The Balaban J connectivity index is 1.49. The number of hydrogen-bond acceptors (Lipinski definition) is 5. The molecule has 0 aliphatic carbocycles. The minimum absolute atomic E-state index is 0.210. The van der Waals surface area contributed by atoms with Crippen molar-refractivity contribution in [3.63, 3.8) is 0 Å². The van der Waals surface area contributed by atoms with Crippen LogP contribution in [0.5, 0.6) is 0 Å². The van der Waals surface area contributed by atoms with Crippen molar-refractivity contribution < 1.29 is 9.32 Å². The number of nitrogens with one attached hydrogen (secondary N) is 1. The molecule has 0 atom stereocenters. The normalized spacial score (nSPS) is 10.8. The Morgan fingerprint density at radius 3 is 2.81 bits per heavy atom. The molecule has 0 aliphatic rings. The van der Waals surface area contributed by atoms with Crippen LogP contribution in [0.3, 0.4) is 0 Å². The van der Waals surface area contributed by atoms with E-state index in [0.717, 1.165) is 16.6 Å². The summed E-state index contributed by atoms with van der Waals surface area (Å²) in [6.07, 6.45) is 1.68. The van der Waals surface area contributed by atoms with Crippen LogP contribution in [0.25, 0.3) is 22.3 Å². The van der Waals surface area contributed by atoms with Gasteiger partial charge in [-0.15, -0.1) is 0 Å². The molecule has 6 heteroatoms. The first-order chi connectivity index (χ1) is 12.7. The Bertz CT molecular complexity index is 1070. The van der Waals surface area contributed by atoms with Crippen LogP contribution in [0.2, 0.25) is 0 Å². The Hall–Kier alpha value is -3.54. The SMILES string of the molecule is Cc1nc2ncccc2cc1C(=O)NCc1cc(-c2ccccc2)no1. The number of pyridine rings is 2. The van der Waals surface area contributed by atoms with Crippen LogP contribution >= 0.6 is 0 Å². The zero-order chi connectivity index (χ0) is 17.9. The molecule has 0 bridgehead atoms. The van der Waals surface area contributed by atoms with Gasteiger partial charge in [0.1, 0.15) is 5.69 Å². The lowest BCUT2D eigenvalue weighted by molar-refractivity contribution is 0.0946. The molecule has 1 aromatic carbocycles. The van der Waals surface area contributed by atoms with Crippen molar-refractivity contribution >= 4 is 16.9 Å².